The highest BCUT2D eigenvalue weighted by atomic mass is 32.1. The summed E-state index contributed by atoms with van der Waals surface area (Å²) in [6.45, 7) is 7.97. The topological polar surface area (TPSA) is 46.2 Å². The first-order valence-electron chi connectivity index (χ1n) is 6.69. The van der Waals surface area contributed by atoms with Gasteiger partial charge in [-0.3, -0.25) is 0 Å². The lowest BCUT2D eigenvalue weighted by atomic mass is 10.1. The standard InChI is InChI=1S/C13H23N3OS/c1-10(7-13-8-17-6-5-15-13)14-4-3-12-9-18-11(2)16-12/h9-10,13-15H,3-8H2,1-2H3. The lowest BCUT2D eigenvalue weighted by Gasteiger charge is -2.26. The van der Waals surface area contributed by atoms with Crippen LogP contribution in [0.25, 0.3) is 0 Å². The van der Waals surface area contributed by atoms with E-state index in [1.54, 1.807) is 11.3 Å². The Balaban J connectivity index is 1.60. The van der Waals surface area contributed by atoms with Crippen molar-refractivity contribution in [3.8, 4) is 0 Å². The molecule has 2 unspecified atom stereocenters. The van der Waals surface area contributed by atoms with Crippen LogP contribution in [0.2, 0.25) is 0 Å². The quantitative estimate of drug-likeness (QED) is 0.818. The number of thiazole rings is 1. The fourth-order valence-corrected chi connectivity index (χ4v) is 2.90. The van der Waals surface area contributed by atoms with Gasteiger partial charge in [-0.05, 0) is 20.3 Å². The normalized spacial score (nSPS) is 22.0. The summed E-state index contributed by atoms with van der Waals surface area (Å²) in [6, 6.07) is 1.02. The molecule has 1 fully saturated rings. The molecule has 2 N–H and O–H groups in total. The van der Waals surface area contributed by atoms with Crippen molar-refractivity contribution in [2.24, 2.45) is 0 Å². The van der Waals surface area contributed by atoms with E-state index in [4.69, 9.17) is 4.74 Å². The highest BCUT2D eigenvalue weighted by Crippen LogP contribution is 2.08. The van der Waals surface area contributed by atoms with Crippen molar-refractivity contribution in [3.63, 3.8) is 0 Å². The smallest absolute Gasteiger partial charge is 0.0897 e. The van der Waals surface area contributed by atoms with Crippen LogP contribution >= 0.6 is 11.3 Å². The fourth-order valence-electron chi connectivity index (χ4n) is 2.25. The second-order valence-electron chi connectivity index (χ2n) is 4.92. The van der Waals surface area contributed by atoms with Crippen molar-refractivity contribution in [2.75, 3.05) is 26.3 Å². The Kier molecular flexibility index (Phi) is 5.56. The third kappa shape index (κ3) is 4.65. The van der Waals surface area contributed by atoms with Crippen LogP contribution in [-0.4, -0.2) is 43.4 Å². The molecule has 1 aromatic heterocycles. The van der Waals surface area contributed by atoms with Crippen molar-refractivity contribution in [3.05, 3.63) is 16.1 Å². The SMILES string of the molecule is Cc1nc(CCNC(C)CC2COCCN2)cs1. The van der Waals surface area contributed by atoms with Crippen molar-refractivity contribution in [1.29, 1.82) is 0 Å². The molecule has 1 aliphatic heterocycles. The molecular weight excluding hydrogens is 246 g/mol. The van der Waals surface area contributed by atoms with Gasteiger partial charge in [0.25, 0.3) is 0 Å². The first-order valence-corrected chi connectivity index (χ1v) is 7.57. The van der Waals surface area contributed by atoms with Crippen LogP contribution in [0.1, 0.15) is 24.0 Å². The first kappa shape index (κ1) is 13.9. The highest BCUT2D eigenvalue weighted by Gasteiger charge is 2.15. The van der Waals surface area contributed by atoms with Crippen molar-refractivity contribution >= 4 is 11.3 Å². The van der Waals surface area contributed by atoms with Gasteiger partial charge in [-0.25, -0.2) is 4.98 Å². The maximum Gasteiger partial charge on any atom is 0.0897 e. The van der Waals surface area contributed by atoms with E-state index in [-0.39, 0.29) is 0 Å². The zero-order valence-corrected chi connectivity index (χ0v) is 12.1. The fraction of sp³-hybridized carbons (Fsp3) is 0.769. The van der Waals surface area contributed by atoms with Gasteiger partial charge in [0.1, 0.15) is 0 Å². The number of morpholine rings is 1. The minimum absolute atomic E-state index is 0.503. The number of nitrogens with zero attached hydrogens (tertiary/aromatic N) is 1. The van der Waals surface area contributed by atoms with E-state index in [1.807, 2.05) is 0 Å². The molecule has 0 bridgehead atoms. The number of aromatic nitrogens is 1. The Hall–Kier alpha value is -0.490. The molecule has 1 aromatic rings. The zero-order valence-electron chi connectivity index (χ0n) is 11.2. The third-order valence-corrected chi connectivity index (χ3v) is 4.00. The minimum atomic E-state index is 0.503. The van der Waals surface area contributed by atoms with E-state index in [2.05, 4.69) is 34.8 Å². The molecule has 0 amide bonds. The second kappa shape index (κ2) is 7.19. The summed E-state index contributed by atoms with van der Waals surface area (Å²) in [7, 11) is 0. The summed E-state index contributed by atoms with van der Waals surface area (Å²) in [6.07, 6.45) is 2.14. The van der Waals surface area contributed by atoms with Crippen LogP contribution in [0.15, 0.2) is 5.38 Å². The average Bonchev–Trinajstić information content (AvgIpc) is 2.76. The molecule has 4 nitrogen and oxygen atoms in total. The van der Waals surface area contributed by atoms with Gasteiger partial charge in [0.2, 0.25) is 0 Å². The molecule has 2 heterocycles. The molecule has 2 rings (SSSR count). The number of nitrogens with one attached hydrogen (secondary N) is 2. The first-order chi connectivity index (χ1) is 8.74. The van der Waals surface area contributed by atoms with Gasteiger partial charge in [0.05, 0.1) is 23.9 Å². The summed E-state index contributed by atoms with van der Waals surface area (Å²) in [5.74, 6) is 0. The monoisotopic (exact) mass is 269 g/mol. The Morgan fingerprint density at radius 1 is 1.67 bits per heavy atom. The lowest BCUT2D eigenvalue weighted by Crippen LogP contribution is -2.45. The maximum absolute atomic E-state index is 5.46. The minimum Gasteiger partial charge on any atom is -0.379 e. The molecule has 102 valence electrons. The van der Waals surface area contributed by atoms with E-state index < -0.39 is 0 Å². The number of hydrogen-bond acceptors (Lipinski definition) is 5. The van der Waals surface area contributed by atoms with E-state index in [9.17, 15) is 0 Å². The van der Waals surface area contributed by atoms with Gasteiger partial charge in [-0.2, -0.15) is 0 Å². The molecule has 1 saturated heterocycles. The van der Waals surface area contributed by atoms with Gasteiger partial charge in [0.15, 0.2) is 0 Å². The molecule has 2 atom stereocenters. The van der Waals surface area contributed by atoms with E-state index in [0.29, 0.717) is 12.1 Å². The Bertz CT molecular complexity index is 350. The Labute approximate surface area is 113 Å². The van der Waals surface area contributed by atoms with E-state index in [1.165, 1.54) is 5.69 Å². The number of hydrogen-bond donors (Lipinski definition) is 2. The average molecular weight is 269 g/mol. The van der Waals surface area contributed by atoms with E-state index >= 15 is 0 Å². The number of rotatable bonds is 6. The largest absolute Gasteiger partial charge is 0.379 e. The van der Waals surface area contributed by atoms with Crippen LogP contribution in [-0.2, 0) is 11.2 Å². The van der Waals surface area contributed by atoms with Crippen LogP contribution < -0.4 is 10.6 Å². The predicted molar refractivity (Wildman–Crippen MR) is 75.2 cm³/mol. The Morgan fingerprint density at radius 2 is 2.56 bits per heavy atom. The molecule has 0 radical (unpaired) electrons. The molecule has 5 heteroatoms. The number of aryl methyl sites for hydroxylation is 1. The summed E-state index contributed by atoms with van der Waals surface area (Å²) in [5.41, 5.74) is 1.20. The van der Waals surface area contributed by atoms with Crippen LogP contribution in [0.3, 0.4) is 0 Å². The van der Waals surface area contributed by atoms with Crippen LogP contribution in [0.4, 0.5) is 0 Å². The molecular formula is C13H23N3OS. The lowest BCUT2D eigenvalue weighted by molar-refractivity contribution is 0.0713. The zero-order chi connectivity index (χ0) is 12.8. The number of ether oxygens (including phenoxy) is 1. The van der Waals surface area contributed by atoms with Crippen LogP contribution in [0.5, 0.6) is 0 Å². The molecule has 0 aromatic carbocycles. The molecule has 1 aliphatic rings. The molecule has 18 heavy (non-hydrogen) atoms. The van der Waals surface area contributed by atoms with Crippen molar-refractivity contribution < 1.29 is 4.74 Å². The van der Waals surface area contributed by atoms with E-state index in [0.717, 1.165) is 44.2 Å². The maximum atomic E-state index is 5.46. The summed E-state index contributed by atoms with van der Waals surface area (Å²) >= 11 is 1.73. The highest BCUT2D eigenvalue weighted by molar-refractivity contribution is 7.09. The van der Waals surface area contributed by atoms with Gasteiger partial charge >= 0.3 is 0 Å². The third-order valence-electron chi connectivity index (χ3n) is 3.18. The van der Waals surface area contributed by atoms with Gasteiger partial charge in [-0.15, -0.1) is 11.3 Å². The van der Waals surface area contributed by atoms with Gasteiger partial charge in [-0.1, -0.05) is 0 Å². The van der Waals surface area contributed by atoms with Crippen LogP contribution in [0, 0.1) is 6.92 Å². The molecule has 0 spiro atoms. The second-order valence-corrected chi connectivity index (χ2v) is 5.99. The predicted octanol–water partition coefficient (Wildman–Crippen LogP) is 1.35. The van der Waals surface area contributed by atoms with Gasteiger partial charge in [0, 0.05) is 37.0 Å². The molecule has 0 aliphatic carbocycles. The summed E-state index contributed by atoms with van der Waals surface area (Å²) in [5, 5.41) is 10.3. The summed E-state index contributed by atoms with van der Waals surface area (Å²) < 4.78 is 5.46. The Morgan fingerprint density at radius 3 is 3.22 bits per heavy atom. The molecule has 0 saturated carbocycles. The van der Waals surface area contributed by atoms with Gasteiger partial charge < -0.3 is 15.4 Å². The van der Waals surface area contributed by atoms with Crippen molar-refractivity contribution in [1.82, 2.24) is 15.6 Å². The van der Waals surface area contributed by atoms with Crippen molar-refractivity contribution in [2.45, 2.75) is 38.8 Å². The summed E-state index contributed by atoms with van der Waals surface area (Å²) in [4.78, 5) is 4.47.